The lowest BCUT2D eigenvalue weighted by molar-refractivity contribution is 0.00976. The first-order valence-corrected chi connectivity index (χ1v) is 8.92. The van der Waals surface area contributed by atoms with Crippen LogP contribution in [-0.4, -0.2) is 59.3 Å². The van der Waals surface area contributed by atoms with Crippen molar-refractivity contribution in [2.75, 3.05) is 26.2 Å². The van der Waals surface area contributed by atoms with Crippen LogP contribution in [0, 0.1) is 0 Å². The number of rotatable bonds is 6. The van der Waals surface area contributed by atoms with Crippen molar-refractivity contribution in [3.8, 4) is 0 Å². The van der Waals surface area contributed by atoms with E-state index in [0.29, 0.717) is 6.04 Å². The summed E-state index contributed by atoms with van der Waals surface area (Å²) in [6, 6.07) is 1.20. The maximum atomic E-state index is 10.3. The summed E-state index contributed by atoms with van der Waals surface area (Å²) in [6.45, 7) is 9.39. The molecule has 0 aromatic carbocycles. The van der Waals surface area contributed by atoms with E-state index in [1.807, 2.05) is 0 Å². The molecule has 0 amide bonds. The highest BCUT2D eigenvalue weighted by Gasteiger charge is 2.30. The Kier molecular flexibility index (Phi) is 6.79. The highest BCUT2D eigenvalue weighted by molar-refractivity contribution is 4.86. The van der Waals surface area contributed by atoms with Crippen molar-refractivity contribution in [2.24, 2.45) is 0 Å². The van der Waals surface area contributed by atoms with Gasteiger partial charge in [0.1, 0.15) is 0 Å². The second-order valence-corrected chi connectivity index (χ2v) is 6.70. The molecule has 0 aliphatic carbocycles. The topological polar surface area (TPSA) is 26.7 Å². The largest absolute Gasteiger partial charge is 0.391 e. The summed E-state index contributed by atoms with van der Waals surface area (Å²) in [5.74, 6) is 0. The van der Waals surface area contributed by atoms with E-state index in [1.165, 1.54) is 58.3 Å². The van der Waals surface area contributed by atoms with Gasteiger partial charge in [-0.05, 0) is 51.6 Å². The minimum Gasteiger partial charge on any atom is -0.391 e. The molecule has 2 aliphatic rings. The first-order chi connectivity index (χ1) is 9.76. The van der Waals surface area contributed by atoms with Gasteiger partial charge in [0.2, 0.25) is 0 Å². The van der Waals surface area contributed by atoms with Crippen LogP contribution < -0.4 is 0 Å². The monoisotopic (exact) mass is 282 g/mol. The summed E-state index contributed by atoms with van der Waals surface area (Å²) >= 11 is 0. The van der Waals surface area contributed by atoms with Crippen LogP contribution in [0.5, 0.6) is 0 Å². The Hall–Kier alpha value is -0.120. The molecular formula is C17H34N2O. The van der Waals surface area contributed by atoms with E-state index in [0.717, 1.165) is 25.3 Å². The maximum absolute atomic E-state index is 10.3. The van der Waals surface area contributed by atoms with Gasteiger partial charge in [-0.3, -0.25) is 4.90 Å². The molecule has 2 aliphatic heterocycles. The van der Waals surface area contributed by atoms with Crippen LogP contribution >= 0.6 is 0 Å². The summed E-state index contributed by atoms with van der Waals surface area (Å²) in [5.41, 5.74) is 0. The molecule has 3 heteroatoms. The molecule has 118 valence electrons. The SMILES string of the molecule is CCCC(O)C(CC)N1CCC(N2CCCCC2)CC1. The minimum atomic E-state index is -0.128. The highest BCUT2D eigenvalue weighted by atomic mass is 16.3. The molecule has 2 heterocycles. The zero-order chi connectivity index (χ0) is 14.4. The van der Waals surface area contributed by atoms with E-state index in [1.54, 1.807) is 0 Å². The van der Waals surface area contributed by atoms with Crippen LogP contribution in [0.25, 0.3) is 0 Å². The molecule has 2 saturated heterocycles. The zero-order valence-corrected chi connectivity index (χ0v) is 13.6. The highest BCUT2D eigenvalue weighted by Crippen LogP contribution is 2.24. The predicted octanol–water partition coefficient (Wildman–Crippen LogP) is 2.88. The second-order valence-electron chi connectivity index (χ2n) is 6.70. The van der Waals surface area contributed by atoms with Gasteiger partial charge in [-0.15, -0.1) is 0 Å². The summed E-state index contributed by atoms with van der Waals surface area (Å²) in [5, 5.41) is 10.3. The number of aliphatic hydroxyl groups excluding tert-OH is 1. The van der Waals surface area contributed by atoms with E-state index < -0.39 is 0 Å². The number of aliphatic hydroxyl groups is 1. The first-order valence-electron chi connectivity index (χ1n) is 8.92. The third-order valence-corrected chi connectivity index (χ3v) is 5.32. The van der Waals surface area contributed by atoms with Crippen molar-refractivity contribution in [1.82, 2.24) is 9.80 Å². The zero-order valence-electron chi connectivity index (χ0n) is 13.6. The molecule has 0 aromatic rings. The van der Waals surface area contributed by atoms with E-state index in [2.05, 4.69) is 23.6 Å². The van der Waals surface area contributed by atoms with Crippen LogP contribution in [0.4, 0.5) is 0 Å². The Morgan fingerprint density at radius 1 is 1.00 bits per heavy atom. The van der Waals surface area contributed by atoms with Gasteiger partial charge in [-0.25, -0.2) is 0 Å². The van der Waals surface area contributed by atoms with Crippen molar-refractivity contribution in [3.63, 3.8) is 0 Å². The van der Waals surface area contributed by atoms with E-state index >= 15 is 0 Å². The molecule has 0 aromatic heterocycles. The van der Waals surface area contributed by atoms with Gasteiger partial charge in [-0.1, -0.05) is 26.7 Å². The maximum Gasteiger partial charge on any atom is 0.0695 e. The molecule has 0 bridgehead atoms. The van der Waals surface area contributed by atoms with Gasteiger partial charge >= 0.3 is 0 Å². The molecule has 20 heavy (non-hydrogen) atoms. The van der Waals surface area contributed by atoms with Crippen LogP contribution in [0.2, 0.25) is 0 Å². The summed E-state index contributed by atoms with van der Waals surface area (Å²) in [7, 11) is 0. The Morgan fingerprint density at radius 2 is 1.65 bits per heavy atom. The van der Waals surface area contributed by atoms with Gasteiger partial charge in [-0.2, -0.15) is 0 Å². The third-order valence-electron chi connectivity index (χ3n) is 5.32. The number of piperidine rings is 2. The molecule has 2 unspecified atom stereocenters. The van der Waals surface area contributed by atoms with E-state index in [-0.39, 0.29) is 6.10 Å². The van der Waals surface area contributed by atoms with Crippen molar-refractivity contribution in [2.45, 2.75) is 83.4 Å². The summed E-state index contributed by atoms with van der Waals surface area (Å²) in [4.78, 5) is 5.28. The van der Waals surface area contributed by atoms with Gasteiger partial charge in [0, 0.05) is 25.2 Å². The molecule has 1 N–H and O–H groups in total. The van der Waals surface area contributed by atoms with Crippen LogP contribution in [-0.2, 0) is 0 Å². The lowest BCUT2D eigenvalue weighted by Crippen LogP contribution is -2.52. The Morgan fingerprint density at radius 3 is 2.20 bits per heavy atom. The molecule has 2 rings (SSSR count). The molecular weight excluding hydrogens is 248 g/mol. The molecule has 0 spiro atoms. The van der Waals surface area contributed by atoms with Crippen LogP contribution in [0.1, 0.15) is 65.2 Å². The van der Waals surface area contributed by atoms with E-state index in [9.17, 15) is 5.11 Å². The van der Waals surface area contributed by atoms with Gasteiger partial charge in [0.05, 0.1) is 6.10 Å². The quantitative estimate of drug-likeness (QED) is 0.811. The smallest absolute Gasteiger partial charge is 0.0695 e. The van der Waals surface area contributed by atoms with Crippen LogP contribution in [0.15, 0.2) is 0 Å². The summed E-state index contributed by atoms with van der Waals surface area (Å²) < 4.78 is 0. The van der Waals surface area contributed by atoms with Crippen molar-refractivity contribution in [3.05, 3.63) is 0 Å². The number of hydrogen-bond acceptors (Lipinski definition) is 3. The van der Waals surface area contributed by atoms with Gasteiger partial charge < -0.3 is 10.0 Å². The molecule has 0 radical (unpaired) electrons. The Balaban J connectivity index is 1.79. The average Bonchev–Trinajstić information content (AvgIpc) is 2.50. The normalized spacial score (nSPS) is 26.6. The third kappa shape index (κ3) is 4.19. The molecule has 3 nitrogen and oxygen atoms in total. The Bertz CT molecular complexity index is 258. The number of likely N-dealkylation sites (tertiary alicyclic amines) is 2. The molecule has 0 saturated carbocycles. The fraction of sp³-hybridized carbons (Fsp3) is 1.00. The Labute approximate surface area is 125 Å². The first kappa shape index (κ1) is 16.3. The van der Waals surface area contributed by atoms with Crippen molar-refractivity contribution < 1.29 is 5.11 Å². The average molecular weight is 282 g/mol. The standard InChI is InChI=1S/C17H34N2O/c1-3-8-17(20)16(4-2)19-13-9-15(10-14-19)18-11-6-5-7-12-18/h15-17,20H,3-14H2,1-2H3. The second kappa shape index (κ2) is 8.35. The van der Waals surface area contributed by atoms with E-state index in [4.69, 9.17) is 0 Å². The number of hydrogen-bond donors (Lipinski definition) is 1. The summed E-state index contributed by atoms with van der Waals surface area (Å²) in [6.07, 6.45) is 9.81. The fourth-order valence-corrected chi connectivity index (χ4v) is 4.13. The fourth-order valence-electron chi connectivity index (χ4n) is 4.13. The van der Waals surface area contributed by atoms with Crippen molar-refractivity contribution >= 4 is 0 Å². The molecule has 2 fully saturated rings. The van der Waals surface area contributed by atoms with Crippen LogP contribution in [0.3, 0.4) is 0 Å². The lowest BCUT2D eigenvalue weighted by atomic mass is 9.95. The van der Waals surface area contributed by atoms with Gasteiger partial charge in [0.25, 0.3) is 0 Å². The number of nitrogens with zero attached hydrogens (tertiary/aromatic N) is 2. The van der Waals surface area contributed by atoms with Gasteiger partial charge in [0.15, 0.2) is 0 Å². The minimum absolute atomic E-state index is 0.128. The lowest BCUT2D eigenvalue weighted by Gasteiger charge is -2.43. The molecule has 2 atom stereocenters. The van der Waals surface area contributed by atoms with Crippen molar-refractivity contribution in [1.29, 1.82) is 0 Å². The predicted molar refractivity (Wildman–Crippen MR) is 85.0 cm³/mol.